The number of aliphatic hydroxyl groups excluding tert-OH is 9. The van der Waals surface area contributed by atoms with Gasteiger partial charge in [0.1, 0.15) is 12.2 Å². The number of aliphatic hydroxyl groups is 9. The lowest BCUT2D eigenvalue weighted by Crippen LogP contribution is -2.45. The van der Waals surface area contributed by atoms with Gasteiger partial charge in [-0.1, -0.05) is 104 Å². The van der Waals surface area contributed by atoms with Crippen LogP contribution in [-0.2, 0) is 57.0 Å². The van der Waals surface area contributed by atoms with Crippen LogP contribution < -0.4 is 0 Å². The van der Waals surface area contributed by atoms with Crippen molar-refractivity contribution < 1.29 is 103 Å². The van der Waals surface area contributed by atoms with E-state index in [2.05, 4.69) is 6.58 Å². The molecule has 570 valence electrons. The second kappa shape index (κ2) is 43.2. The third kappa shape index (κ3) is 28.3. The van der Waals surface area contributed by atoms with Crippen molar-refractivity contribution in [1.82, 2.24) is 0 Å². The van der Waals surface area contributed by atoms with Crippen molar-refractivity contribution in [3.63, 3.8) is 0 Å². The Morgan fingerprint density at radius 1 is 0.485 bits per heavy atom. The van der Waals surface area contributed by atoms with Crippen molar-refractivity contribution in [2.24, 2.45) is 47.3 Å². The van der Waals surface area contributed by atoms with Gasteiger partial charge in [0.2, 0.25) is 0 Å². The minimum Gasteiger partial charge on any atom is -0.458 e. The topological polar surface area (TPSA) is 309 Å². The SMILES string of the molecule is C=C1/C=C\C(=O)O[C@H]([C@@H](C)[C@@H](O)[C@@H](C)CC[C@H]2C[C@H](OC)C[C@H](C)O2)[C@@H](C)[C@H](O)C[C@H](O)[C@H](C)[C@@H](OC)C[C@@H]2CC=C[C@@H](C[C@@H](O)C/C=C(C)/C=C\C(=O)O[C@H]([C@@H](C)[C@@H](O)[C@@H](C)CC[C@H]3C[C@H](OC)C[C@H](C)O3)[C@@H](C)[C@H](O)C[C@H](O)[C@H](C)[C@@H](OC)C[C@@H]3CC=C[C@@H](C[C@@H](O)C[C@H]1O)O3)O2. The summed E-state index contributed by atoms with van der Waals surface area (Å²) in [6.45, 7) is 24.5. The summed E-state index contributed by atoms with van der Waals surface area (Å²) >= 11 is 0. The van der Waals surface area contributed by atoms with Crippen LogP contribution >= 0.6 is 0 Å². The summed E-state index contributed by atoms with van der Waals surface area (Å²) in [6, 6.07) is 0. The standard InChI is InChI=1S/C78H132O21/c1-44-23-28-56(79)35-58-19-17-21-60(96-58)40-71(92-15)50(7)68(83)43-70(85)53(10)78(55(12)76(89)47(4)26-30-63-39-65(91-14)34-49(6)95-63)99-74(87)32-27-45(2)66(81)37-57(80)36-59-20-18-22-61(97-59)41-72(93-16)51(8)67(82)42-69(84)52(9)77(98-73(86)31-24-44)54(11)75(88)46(3)25-29-62-38-64(90-13)33-48(5)94-62/h17-20,23-24,27,31-32,46-72,75-85,88-89H,2,21-22,25-26,28-30,33-43H2,1,3-16H3/b31-24-,32-27-,44-23+/t46-,47-,48-,49-,50-,51-,52-,53-,54-,55-,56-,57+,58-,59-,60-,61-,62-,63-,64+,65+,66+,67-,68-,69+,70+,71-,72-,75-,76-,77-,78-/m0/s1. The molecule has 21 nitrogen and oxygen atoms in total. The molecule has 99 heavy (non-hydrogen) atoms. The van der Waals surface area contributed by atoms with E-state index >= 15 is 0 Å². The van der Waals surface area contributed by atoms with E-state index in [-0.39, 0.29) is 105 Å². The molecule has 0 saturated carbocycles. The summed E-state index contributed by atoms with van der Waals surface area (Å²) in [6.07, 6.45) is 8.44. The first kappa shape index (κ1) is 86.3. The fourth-order valence-corrected chi connectivity index (χ4v) is 15.5. The molecule has 0 radical (unpaired) electrons. The first-order chi connectivity index (χ1) is 46.8. The van der Waals surface area contributed by atoms with Crippen molar-refractivity contribution in [2.45, 2.75) is 332 Å². The molecule has 0 amide bonds. The van der Waals surface area contributed by atoms with Gasteiger partial charge in [-0.15, -0.1) is 0 Å². The molecule has 5 aliphatic heterocycles. The van der Waals surface area contributed by atoms with Crippen molar-refractivity contribution in [3.8, 4) is 0 Å². The maximum atomic E-state index is 13.9. The van der Waals surface area contributed by atoms with Crippen LogP contribution in [0, 0.1) is 47.3 Å². The molecule has 5 aliphatic rings. The molecule has 21 heteroatoms. The predicted octanol–water partition coefficient (Wildman–Crippen LogP) is 9.08. The van der Waals surface area contributed by atoms with Gasteiger partial charge in [-0.3, -0.25) is 0 Å². The highest BCUT2D eigenvalue weighted by atomic mass is 16.6. The molecule has 4 bridgehead atoms. The van der Waals surface area contributed by atoms with Gasteiger partial charge in [-0.05, 0) is 128 Å². The second-order valence-electron chi connectivity index (χ2n) is 30.5. The molecular formula is C78H132O21. The molecule has 5 rings (SSSR count). The van der Waals surface area contributed by atoms with Crippen LogP contribution in [0.1, 0.15) is 192 Å². The molecule has 0 spiro atoms. The van der Waals surface area contributed by atoms with E-state index < -0.39 is 139 Å². The maximum absolute atomic E-state index is 13.9. The molecule has 0 aromatic carbocycles. The molecule has 31 atom stereocenters. The Kier molecular flexibility index (Phi) is 37.7. The Hall–Kier alpha value is -3.30. The Morgan fingerprint density at radius 2 is 0.889 bits per heavy atom. The monoisotopic (exact) mass is 1400 g/mol. The average molecular weight is 1410 g/mol. The number of cyclic esters (lactones) is 2. The van der Waals surface area contributed by atoms with E-state index in [4.69, 9.17) is 47.4 Å². The zero-order valence-corrected chi connectivity index (χ0v) is 62.5. The van der Waals surface area contributed by atoms with Crippen molar-refractivity contribution in [3.05, 3.63) is 72.4 Å². The molecule has 0 aromatic heterocycles. The summed E-state index contributed by atoms with van der Waals surface area (Å²) in [5.41, 5.74) is 0.810. The minimum atomic E-state index is -1.27. The van der Waals surface area contributed by atoms with Gasteiger partial charge >= 0.3 is 11.9 Å². The third-order valence-electron chi connectivity index (χ3n) is 22.4. The summed E-state index contributed by atoms with van der Waals surface area (Å²) in [7, 11) is 6.52. The lowest BCUT2D eigenvalue weighted by atomic mass is 9.78. The Morgan fingerprint density at radius 3 is 1.30 bits per heavy atom. The highest BCUT2D eigenvalue weighted by Gasteiger charge is 2.43. The Labute approximate surface area is 592 Å². The summed E-state index contributed by atoms with van der Waals surface area (Å²) in [5, 5.41) is 106. The highest BCUT2D eigenvalue weighted by molar-refractivity contribution is 5.83. The number of methoxy groups -OCH3 is 4. The van der Waals surface area contributed by atoms with Gasteiger partial charge in [-0.2, -0.15) is 0 Å². The maximum Gasteiger partial charge on any atom is 0.331 e. The van der Waals surface area contributed by atoms with Gasteiger partial charge < -0.3 is 93.3 Å². The molecule has 5 heterocycles. The summed E-state index contributed by atoms with van der Waals surface area (Å²) in [5.74, 6) is -5.94. The highest BCUT2D eigenvalue weighted by Crippen LogP contribution is 2.37. The number of fused-ring (bicyclic) bond motifs is 4. The van der Waals surface area contributed by atoms with Crippen LogP contribution in [0.5, 0.6) is 0 Å². The molecule has 0 aromatic rings. The molecule has 0 aliphatic carbocycles. The summed E-state index contributed by atoms with van der Waals surface area (Å²) < 4.78 is 61.1. The number of hydrogen-bond acceptors (Lipinski definition) is 21. The quantitative estimate of drug-likeness (QED) is 0.0514. The van der Waals surface area contributed by atoms with Crippen molar-refractivity contribution >= 4 is 11.9 Å². The van der Waals surface area contributed by atoms with E-state index in [1.807, 2.05) is 78.8 Å². The number of carbonyl (C=O) groups excluding carboxylic acids is 2. The van der Waals surface area contributed by atoms with Crippen LogP contribution in [-0.4, -0.2) is 227 Å². The second-order valence-corrected chi connectivity index (χ2v) is 30.5. The summed E-state index contributed by atoms with van der Waals surface area (Å²) in [4.78, 5) is 27.8. The lowest BCUT2D eigenvalue weighted by molar-refractivity contribution is -0.158. The Bertz CT molecular complexity index is 2510. The van der Waals surface area contributed by atoms with Gasteiger partial charge in [0.05, 0.1) is 128 Å². The first-order valence-electron chi connectivity index (χ1n) is 37.2. The zero-order valence-electron chi connectivity index (χ0n) is 62.5. The van der Waals surface area contributed by atoms with Gasteiger partial charge in [0, 0.05) is 108 Å². The van der Waals surface area contributed by atoms with Gasteiger partial charge in [0.25, 0.3) is 0 Å². The van der Waals surface area contributed by atoms with Crippen LogP contribution in [0.25, 0.3) is 0 Å². The van der Waals surface area contributed by atoms with E-state index in [0.29, 0.717) is 56.9 Å². The molecule has 2 fully saturated rings. The average Bonchev–Trinajstić information content (AvgIpc) is 0.850. The number of ether oxygens (including phenoxy) is 10. The molecular weight excluding hydrogens is 1270 g/mol. The first-order valence-corrected chi connectivity index (χ1v) is 37.2. The largest absolute Gasteiger partial charge is 0.458 e. The van der Waals surface area contributed by atoms with E-state index in [1.54, 1.807) is 62.2 Å². The molecule has 9 N–H and O–H groups in total. The number of rotatable bonds is 16. The molecule has 0 unspecified atom stereocenters. The number of esters is 2. The number of allylic oxidation sites excluding steroid dienone is 2. The molecule has 2 saturated heterocycles. The minimum absolute atomic E-state index is 0.0304. The van der Waals surface area contributed by atoms with E-state index in [9.17, 15) is 55.5 Å². The van der Waals surface area contributed by atoms with E-state index in [0.717, 1.165) is 31.8 Å². The van der Waals surface area contributed by atoms with Crippen LogP contribution in [0.2, 0.25) is 0 Å². The van der Waals surface area contributed by atoms with Crippen LogP contribution in [0.3, 0.4) is 0 Å². The van der Waals surface area contributed by atoms with Crippen LogP contribution in [0.4, 0.5) is 0 Å². The van der Waals surface area contributed by atoms with Crippen molar-refractivity contribution in [1.29, 1.82) is 0 Å². The lowest BCUT2D eigenvalue weighted by Gasteiger charge is -2.38. The smallest absolute Gasteiger partial charge is 0.331 e. The number of carbonyl (C=O) groups is 2. The van der Waals surface area contributed by atoms with Crippen molar-refractivity contribution in [2.75, 3.05) is 28.4 Å². The van der Waals surface area contributed by atoms with E-state index in [1.165, 1.54) is 12.2 Å². The predicted molar refractivity (Wildman–Crippen MR) is 379 cm³/mol. The normalized spacial score (nSPS) is 41.1. The fourth-order valence-electron chi connectivity index (χ4n) is 15.5. The zero-order chi connectivity index (χ0) is 73.4. The van der Waals surface area contributed by atoms with Crippen LogP contribution in [0.15, 0.2) is 72.4 Å². The van der Waals surface area contributed by atoms with Gasteiger partial charge in [-0.25, -0.2) is 9.59 Å². The third-order valence-corrected chi connectivity index (χ3v) is 22.4. The number of hydrogen-bond donors (Lipinski definition) is 9. The Balaban J connectivity index is 1.37. The fraction of sp³-hybridized carbons (Fsp3) is 0.821. The van der Waals surface area contributed by atoms with Gasteiger partial charge in [0.15, 0.2) is 0 Å².